The van der Waals surface area contributed by atoms with Gasteiger partial charge in [0, 0.05) is 23.3 Å². The maximum Gasteiger partial charge on any atom is 0.315 e. The molecule has 6 heteroatoms. The van der Waals surface area contributed by atoms with E-state index >= 15 is 0 Å². The fourth-order valence-corrected chi connectivity index (χ4v) is 5.93. The highest BCUT2D eigenvalue weighted by molar-refractivity contribution is 5.90. The second kappa shape index (κ2) is 9.69. The number of aliphatic hydroxyl groups is 3. The lowest BCUT2D eigenvalue weighted by molar-refractivity contribution is -0.166. The van der Waals surface area contributed by atoms with Gasteiger partial charge in [0.2, 0.25) is 0 Å². The first-order valence-corrected chi connectivity index (χ1v) is 12.9. The molecule has 1 aromatic carbocycles. The van der Waals surface area contributed by atoms with E-state index in [-0.39, 0.29) is 17.6 Å². The van der Waals surface area contributed by atoms with Crippen LogP contribution in [-0.2, 0) is 14.3 Å². The maximum absolute atomic E-state index is 13.5. The van der Waals surface area contributed by atoms with Crippen molar-refractivity contribution >= 4 is 11.8 Å². The number of cyclic esters (lactones) is 1. The van der Waals surface area contributed by atoms with Crippen molar-refractivity contribution in [3.8, 4) is 11.8 Å². The molecule has 2 saturated carbocycles. The molecule has 6 nitrogen and oxygen atoms in total. The molecule has 0 bridgehead atoms. The number of aliphatic hydroxyl groups excluding tert-OH is 3. The molecule has 3 aliphatic rings. The Balaban J connectivity index is 1.71. The number of hydrogen-bond acceptors (Lipinski definition) is 6. The van der Waals surface area contributed by atoms with Crippen LogP contribution in [0.15, 0.2) is 30.3 Å². The lowest BCUT2D eigenvalue weighted by atomic mass is 9.74. The first kappa shape index (κ1) is 25.9. The molecule has 4 rings (SSSR count). The Bertz CT molecular complexity index is 999. The molecule has 2 spiro atoms. The number of ketones is 1. The molecule has 0 radical (unpaired) electrons. The smallest absolute Gasteiger partial charge is 0.315 e. The molecule has 1 heterocycles. The van der Waals surface area contributed by atoms with E-state index in [4.69, 9.17) is 4.74 Å². The Labute approximate surface area is 208 Å². The summed E-state index contributed by atoms with van der Waals surface area (Å²) in [6.07, 6.45) is -1.31. The van der Waals surface area contributed by atoms with Gasteiger partial charge in [-0.1, -0.05) is 57.7 Å². The molecule has 1 aromatic rings. The summed E-state index contributed by atoms with van der Waals surface area (Å²) >= 11 is 0. The summed E-state index contributed by atoms with van der Waals surface area (Å²) in [5.74, 6) is 3.77. The number of esters is 1. The normalized spacial score (nSPS) is 38.7. The van der Waals surface area contributed by atoms with Gasteiger partial charge in [-0.05, 0) is 50.2 Å². The van der Waals surface area contributed by atoms with Gasteiger partial charge in [0.05, 0.1) is 29.1 Å². The average molecular weight is 483 g/mol. The minimum Gasteiger partial charge on any atom is -0.448 e. The molecule has 8 atom stereocenters. The molecular formula is C29H38O6. The summed E-state index contributed by atoms with van der Waals surface area (Å²) < 4.78 is 5.92. The zero-order chi connectivity index (χ0) is 25.5. The first-order chi connectivity index (χ1) is 16.5. The second-order valence-electron chi connectivity index (χ2n) is 11.4. The number of carbonyl (C=O) groups is 2. The monoisotopic (exact) mass is 482 g/mol. The van der Waals surface area contributed by atoms with E-state index in [0.29, 0.717) is 32.1 Å². The van der Waals surface area contributed by atoms with Gasteiger partial charge >= 0.3 is 5.97 Å². The van der Waals surface area contributed by atoms with Gasteiger partial charge in [-0.3, -0.25) is 9.59 Å². The zero-order valence-corrected chi connectivity index (χ0v) is 21.1. The molecule has 0 aromatic heterocycles. The van der Waals surface area contributed by atoms with Crippen LogP contribution < -0.4 is 0 Å². The Morgan fingerprint density at radius 2 is 1.43 bits per heavy atom. The lowest BCUT2D eigenvalue weighted by Gasteiger charge is -2.36. The highest BCUT2D eigenvalue weighted by Crippen LogP contribution is 2.56. The van der Waals surface area contributed by atoms with E-state index in [0.717, 1.165) is 5.56 Å². The predicted molar refractivity (Wildman–Crippen MR) is 131 cm³/mol. The van der Waals surface area contributed by atoms with Crippen LogP contribution in [0.2, 0.25) is 0 Å². The largest absolute Gasteiger partial charge is 0.448 e. The summed E-state index contributed by atoms with van der Waals surface area (Å²) in [5, 5.41) is 33.5. The van der Waals surface area contributed by atoms with Crippen molar-refractivity contribution < 1.29 is 29.6 Å². The fourth-order valence-electron chi connectivity index (χ4n) is 5.93. The van der Waals surface area contributed by atoms with E-state index in [2.05, 4.69) is 11.8 Å². The van der Waals surface area contributed by atoms with Crippen molar-refractivity contribution in [2.75, 3.05) is 0 Å². The third-order valence-corrected chi connectivity index (χ3v) is 8.74. The van der Waals surface area contributed by atoms with Crippen molar-refractivity contribution in [1.82, 2.24) is 0 Å². The van der Waals surface area contributed by atoms with Crippen molar-refractivity contribution in [1.29, 1.82) is 0 Å². The Kier molecular flexibility index (Phi) is 7.16. The van der Waals surface area contributed by atoms with Gasteiger partial charge in [-0.2, -0.15) is 0 Å². The Hall–Kier alpha value is -2.20. The highest BCUT2D eigenvalue weighted by Gasteiger charge is 2.62. The van der Waals surface area contributed by atoms with Crippen LogP contribution >= 0.6 is 0 Å². The standard InChI is InChI=1S/C29H38O6/c1-17-16-18(2)24(31)28(12-13-28)25(32)19(3)22(11-10-21-8-6-5-7-9-21)35-27(34)29(14-15-29)26(33)20(4)23(17)30/h5-9,17-20,22-23,25-26,30,32-33H,12-16H2,1-4H3/t17-,18+,19-,20+,22+,23-,25-,26-/m0/s1. The summed E-state index contributed by atoms with van der Waals surface area (Å²) in [7, 11) is 0. The first-order valence-electron chi connectivity index (χ1n) is 12.9. The number of ether oxygens (including phenoxy) is 1. The third kappa shape index (κ3) is 4.79. The Morgan fingerprint density at radius 1 is 0.857 bits per heavy atom. The van der Waals surface area contributed by atoms with Gasteiger partial charge in [0.1, 0.15) is 5.78 Å². The lowest BCUT2D eigenvalue weighted by Crippen LogP contribution is -2.47. The molecule has 1 aliphatic heterocycles. The van der Waals surface area contributed by atoms with Crippen LogP contribution in [0, 0.1) is 46.3 Å². The zero-order valence-electron chi connectivity index (χ0n) is 21.1. The topological polar surface area (TPSA) is 104 Å². The third-order valence-electron chi connectivity index (χ3n) is 8.74. The van der Waals surface area contributed by atoms with E-state index in [1.54, 1.807) is 13.8 Å². The predicted octanol–water partition coefficient (Wildman–Crippen LogP) is 3.11. The van der Waals surface area contributed by atoms with Gasteiger partial charge in [0.25, 0.3) is 0 Å². The SMILES string of the molecule is C[C@@H]1[C@@H](O)[C@@H](C)C[C@@H](C)C(=O)C2(CC2)[C@@H](O)[C@@H](C)[C@@H](C#Cc2ccccc2)OC(=O)C2(CC2)[C@H]1O. The van der Waals surface area contributed by atoms with Crippen LogP contribution in [0.4, 0.5) is 0 Å². The molecular weight excluding hydrogens is 444 g/mol. The summed E-state index contributed by atoms with van der Waals surface area (Å²) in [6.45, 7) is 7.25. The average Bonchev–Trinajstić information content (AvgIpc) is 3.78. The second-order valence-corrected chi connectivity index (χ2v) is 11.4. The van der Waals surface area contributed by atoms with Crippen LogP contribution in [0.25, 0.3) is 0 Å². The van der Waals surface area contributed by atoms with E-state index < -0.39 is 53.1 Å². The van der Waals surface area contributed by atoms with E-state index in [1.807, 2.05) is 44.2 Å². The van der Waals surface area contributed by atoms with Crippen LogP contribution in [0.5, 0.6) is 0 Å². The molecule has 3 N–H and O–H groups in total. The number of rotatable bonds is 0. The number of hydrogen-bond donors (Lipinski definition) is 3. The number of Topliss-reactive ketones (excluding diaryl/α,β-unsaturated/α-hetero) is 1. The summed E-state index contributed by atoms with van der Waals surface area (Å²) in [5.41, 5.74) is -1.18. The van der Waals surface area contributed by atoms with Gasteiger partial charge < -0.3 is 20.1 Å². The van der Waals surface area contributed by atoms with Crippen molar-refractivity contribution in [3.63, 3.8) is 0 Å². The van der Waals surface area contributed by atoms with E-state index in [1.165, 1.54) is 0 Å². The number of benzene rings is 1. The van der Waals surface area contributed by atoms with Crippen molar-refractivity contribution in [2.45, 2.75) is 84.2 Å². The van der Waals surface area contributed by atoms with Crippen LogP contribution in [0.1, 0.15) is 65.4 Å². The maximum atomic E-state index is 13.5. The molecule has 3 fully saturated rings. The molecule has 0 amide bonds. The highest BCUT2D eigenvalue weighted by atomic mass is 16.5. The molecule has 1 saturated heterocycles. The van der Waals surface area contributed by atoms with Gasteiger partial charge in [-0.15, -0.1) is 0 Å². The molecule has 35 heavy (non-hydrogen) atoms. The van der Waals surface area contributed by atoms with Gasteiger partial charge in [-0.25, -0.2) is 0 Å². The van der Waals surface area contributed by atoms with Crippen LogP contribution in [0.3, 0.4) is 0 Å². The molecule has 0 unspecified atom stereocenters. The Morgan fingerprint density at radius 3 is 2.00 bits per heavy atom. The van der Waals surface area contributed by atoms with Crippen LogP contribution in [-0.4, -0.2) is 51.5 Å². The number of carbonyl (C=O) groups excluding carboxylic acids is 2. The van der Waals surface area contributed by atoms with Crippen molar-refractivity contribution in [2.24, 2.45) is 34.5 Å². The minimum atomic E-state index is -1.07. The summed E-state index contributed by atoms with van der Waals surface area (Å²) in [6, 6.07) is 9.32. The fraction of sp³-hybridized carbons (Fsp3) is 0.655. The quantitative estimate of drug-likeness (QED) is 0.388. The molecule has 2 aliphatic carbocycles. The van der Waals surface area contributed by atoms with Crippen molar-refractivity contribution in [3.05, 3.63) is 35.9 Å². The van der Waals surface area contributed by atoms with Gasteiger partial charge in [0.15, 0.2) is 6.10 Å². The summed E-state index contributed by atoms with van der Waals surface area (Å²) in [4.78, 5) is 26.9. The van der Waals surface area contributed by atoms with E-state index in [9.17, 15) is 24.9 Å². The molecule has 190 valence electrons. The minimum absolute atomic E-state index is 0.0130.